The number of nitrogens with zero attached hydrogens (tertiary/aromatic N) is 1. The van der Waals surface area contributed by atoms with E-state index in [0.29, 0.717) is 24.9 Å². The minimum absolute atomic E-state index is 0.357. The monoisotopic (exact) mass is 340 g/mol. The van der Waals surface area contributed by atoms with Gasteiger partial charge in [0, 0.05) is 6.54 Å². The molecule has 1 saturated heterocycles. The SMILES string of the molecule is CC(C)(C)OC(=O)[C@@H]1CCCN([C@@H](C(=O)O)c2ccsc2)[C@@H]1N. The van der Waals surface area contributed by atoms with Crippen molar-refractivity contribution in [2.24, 2.45) is 11.7 Å². The molecule has 0 saturated carbocycles. The fourth-order valence-corrected chi connectivity index (χ4v) is 3.57. The van der Waals surface area contributed by atoms with Gasteiger partial charge in [-0.05, 0) is 56.0 Å². The second-order valence-electron chi connectivity index (χ2n) is 6.81. The molecule has 1 aromatic rings. The van der Waals surface area contributed by atoms with Crippen LogP contribution in [-0.2, 0) is 14.3 Å². The maximum absolute atomic E-state index is 12.4. The van der Waals surface area contributed by atoms with Crippen molar-refractivity contribution in [2.45, 2.75) is 51.4 Å². The molecule has 1 aromatic heterocycles. The smallest absolute Gasteiger partial charge is 0.325 e. The first-order chi connectivity index (χ1) is 10.7. The molecule has 3 atom stereocenters. The van der Waals surface area contributed by atoms with Crippen LogP contribution in [0.15, 0.2) is 16.8 Å². The van der Waals surface area contributed by atoms with Crippen molar-refractivity contribution >= 4 is 23.3 Å². The first-order valence-corrected chi connectivity index (χ1v) is 8.64. The van der Waals surface area contributed by atoms with Crippen molar-refractivity contribution in [2.75, 3.05) is 6.54 Å². The van der Waals surface area contributed by atoms with Crippen LogP contribution in [0.1, 0.15) is 45.2 Å². The minimum atomic E-state index is -0.955. The lowest BCUT2D eigenvalue weighted by atomic mass is 9.92. The van der Waals surface area contributed by atoms with Crippen LogP contribution in [0, 0.1) is 5.92 Å². The number of carboxylic acids is 1. The third-order valence-corrected chi connectivity index (χ3v) is 4.56. The molecule has 3 N–H and O–H groups in total. The third kappa shape index (κ3) is 4.31. The second-order valence-corrected chi connectivity index (χ2v) is 7.59. The summed E-state index contributed by atoms with van der Waals surface area (Å²) in [5.41, 5.74) is 6.37. The molecule has 0 unspecified atom stereocenters. The van der Waals surface area contributed by atoms with Crippen LogP contribution in [0.5, 0.6) is 0 Å². The molecule has 0 spiro atoms. The van der Waals surface area contributed by atoms with Gasteiger partial charge in [-0.2, -0.15) is 11.3 Å². The molecular formula is C16H24N2O4S. The van der Waals surface area contributed by atoms with E-state index < -0.39 is 29.7 Å². The number of piperidine rings is 1. The summed E-state index contributed by atoms with van der Waals surface area (Å²) in [5, 5.41) is 13.3. The molecule has 0 radical (unpaired) electrons. The maximum Gasteiger partial charge on any atom is 0.325 e. The summed E-state index contributed by atoms with van der Waals surface area (Å²) in [7, 11) is 0. The van der Waals surface area contributed by atoms with Gasteiger partial charge >= 0.3 is 11.9 Å². The van der Waals surface area contributed by atoms with Gasteiger partial charge < -0.3 is 15.6 Å². The number of carboxylic acid groups (broad SMARTS) is 1. The van der Waals surface area contributed by atoms with Gasteiger partial charge in [0.25, 0.3) is 0 Å². The molecule has 0 aromatic carbocycles. The summed E-state index contributed by atoms with van der Waals surface area (Å²) in [6.07, 6.45) is 0.660. The zero-order valence-corrected chi connectivity index (χ0v) is 14.5. The molecule has 2 heterocycles. The lowest BCUT2D eigenvalue weighted by Crippen LogP contribution is -2.56. The van der Waals surface area contributed by atoms with Crippen LogP contribution in [0.3, 0.4) is 0 Å². The van der Waals surface area contributed by atoms with Crippen LogP contribution < -0.4 is 5.73 Å². The maximum atomic E-state index is 12.4. The Balaban J connectivity index is 2.19. The van der Waals surface area contributed by atoms with Crippen LogP contribution in [0.4, 0.5) is 0 Å². The van der Waals surface area contributed by atoms with E-state index in [4.69, 9.17) is 10.5 Å². The number of thiophene rings is 1. The Hall–Kier alpha value is -1.44. The number of carbonyl (C=O) groups excluding carboxylic acids is 1. The first-order valence-electron chi connectivity index (χ1n) is 7.70. The minimum Gasteiger partial charge on any atom is -0.480 e. The van der Waals surface area contributed by atoms with E-state index in [1.165, 1.54) is 11.3 Å². The Kier molecular flexibility index (Phi) is 5.44. The van der Waals surface area contributed by atoms with E-state index in [1.807, 2.05) is 31.5 Å². The normalized spacial score (nSPS) is 24.2. The Bertz CT molecular complexity index is 553. The number of rotatable bonds is 4. The largest absolute Gasteiger partial charge is 0.480 e. The highest BCUT2D eigenvalue weighted by Crippen LogP contribution is 2.32. The lowest BCUT2D eigenvalue weighted by Gasteiger charge is -2.41. The van der Waals surface area contributed by atoms with Gasteiger partial charge in [-0.3, -0.25) is 14.5 Å². The van der Waals surface area contributed by atoms with Crippen molar-refractivity contribution in [1.29, 1.82) is 0 Å². The van der Waals surface area contributed by atoms with Crippen LogP contribution >= 0.6 is 11.3 Å². The van der Waals surface area contributed by atoms with E-state index in [0.717, 1.165) is 0 Å². The summed E-state index contributed by atoms with van der Waals surface area (Å²) in [6, 6.07) is 0.953. The first kappa shape index (κ1) is 17.9. The molecule has 0 bridgehead atoms. The van der Waals surface area contributed by atoms with Gasteiger partial charge in [0.15, 0.2) is 0 Å². The van der Waals surface area contributed by atoms with Gasteiger partial charge in [-0.1, -0.05) is 0 Å². The second kappa shape index (κ2) is 6.98. The van der Waals surface area contributed by atoms with Crippen LogP contribution in [0.25, 0.3) is 0 Å². The molecule has 1 aliphatic rings. The van der Waals surface area contributed by atoms with Gasteiger partial charge in [0.05, 0.1) is 12.1 Å². The van der Waals surface area contributed by atoms with E-state index in [9.17, 15) is 14.7 Å². The molecule has 23 heavy (non-hydrogen) atoms. The number of likely N-dealkylation sites (tertiary alicyclic amines) is 1. The predicted molar refractivity (Wildman–Crippen MR) is 87.9 cm³/mol. The summed E-state index contributed by atoms with van der Waals surface area (Å²) in [5.74, 6) is -1.82. The van der Waals surface area contributed by atoms with Crippen molar-refractivity contribution < 1.29 is 19.4 Å². The summed E-state index contributed by atoms with van der Waals surface area (Å²) >= 11 is 1.44. The standard InChI is InChI=1S/C16H24N2O4S/c1-16(2,3)22-15(21)11-5-4-7-18(13(11)17)12(14(19)20)10-6-8-23-9-10/h6,8-9,11-13H,4-5,7,17H2,1-3H3,(H,19,20)/t11-,12-,13+/m1/s1. The fourth-order valence-electron chi connectivity index (χ4n) is 2.89. The molecule has 2 rings (SSSR count). The molecule has 7 heteroatoms. The Morgan fingerprint density at radius 3 is 2.70 bits per heavy atom. The highest BCUT2D eigenvalue weighted by Gasteiger charge is 2.41. The fraction of sp³-hybridized carbons (Fsp3) is 0.625. The van der Waals surface area contributed by atoms with Gasteiger partial charge in [0.2, 0.25) is 0 Å². The average Bonchev–Trinajstić information content (AvgIpc) is 2.92. The van der Waals surface area contributed by atoms with Crippen molar-refractivity contribution in [1.82, 2.24) is 4.90 Å². The van der Waals surface area contributed by atoms with E-state index >= 15 is 0 Å². The number of carbonyl (C=O) groups is 2. The van der Waals surface area contributed by atoms with Gasteiger partial charge in [-0.15, -0.1) is 0 Å². The molecular weight excluding hydrogens is 316 g/mol. The molecule has 6 nitrogen and oxygen atoms in total. The van der Waals surface area contributed by atoms with Crippen molar-refractivity contribution in [3.8, 4) is 0 Å². The Morgan fingerprint density at radius 1 is 1.48 bits per heavy atom. The number of esters is 1. The number of aliphatic carboxylic acids is 1. The van der Waals surface area contributed by atoms with Gasteiger partial charge in [0.1, 0.15) is 11.6 Å². The molecule has 1 aliphatic heterocycles. The van der Waals surface area contributed by atoms with E-state index in [-0.39, 0.29) is 5.97 Å². The number of hydrogen-bond donors (Lipinski definition) is 2. The molecule has 0 aliphatic carbocycles. The quantitative estimate of drug-likeness (QED) is 0.816. The summed E-state index contributed by atoms with van der Waals surface area (Å²) in [4.78, 5) is 25.8. The highest BCUT2D eigenvalue weighted by molar-refractivity contribution is 7.08. The summed E-state index contributed by atoms with van der Waals surface area (Å²) < 4.78 is 5.44. The zero-order valence-electron chi connectivity index (χ0n) is 13.7. The average molecular weight is 340 g/mol. The zero-order chi connectivity index (χ0) is 17.2. The highest BCUT2D eigenvalue weighted by atomic mass is 32.1. The summed E-state index contributed by atoms with van der Waals surface area (Å²) in [6.45, 7) is 5.97. The molecule has 128 valence electrons. The third-order valence-electron chi connectivity index (χ3n) is 3.86. The van der Waals surface area contributed by atoms with E-state index in [2.05, 4.69) is 0 Å². The van der Waals surface area contributed by atoms with Crippen LogP contribution in [-0.4, -0.2) is 40.3 Å². The Labute approximate surface area is 140 Å². The number of nitrogens with two attached hydrogens (primary N) is 1. The predicted octanol–water partition coefficient (Wildman–Crippen LogP) is 2.21. The van der Waals surface area contributed by atoms with Crippen molar-refractivity contribution in [3.63, 3.8) is 0 Å². The van der Waals surface area contributed by atoms with Crippen LogP contribution in [0.2, 0.25) is 0 Å². The van der Waals surface area contributed by atoms with Crippen molar-refractivity contribution in [3.05, 3.63) is 22.4 Å². The molecule has 0 amide bonds. The topological polar surface area (TPSA) is 92.9 Å². The molecule has 1 fully saturated rings. The van der Waals surface area contributed by atoms with E-state index in [1.54, 1.807) is 11.0 Å². The lowest BCUT2D eigenvalue weighted by molar-refractivity contribution is -0.167. The number of hydrogen-bond acceptors (Lipinski definition) is 6. The van der Waals surface area contributed by atoms with Gasteiger partial charge in [-0.25, -0.2) is 0 Å². The number of ether oxygens (including phenoxy) is 1. The Morgan fingerprint density at radius 2 is 2.17 bits per heavy atom.